The number of nitrogens with one attached hydrogen (secondary N) is 2. The number of aliphatic imine (C=N–C) groups is 1. The number of halogens is 1. The Bertz CT molecular complexity index is 603. The first-order chi connectivity index (χ1) is 13.2. The molecule has 150 valence electrons. The van der Waals surface area contributed by atoms with Crippen LogP contribution in [-0.2, 0) is 4.74 Å². The summed E-state index contributed by atoms with van der Waals surface area (Å²) >= 11 is 0. The molecule has 2 heterocycles. The standard InChI is InChI=1S/C20H32FN5O/c1-22-20(23-13-16-7-8-25(2)15-16)24-14-19(26-9-11-27-12-10-26)17-3-5-18(21)6-4-17/h3-6,16,19H,7-15H2,1-2H3,(H2,22,23,24). The summed E-state index contributed by atoms with van der Waals surface area (Å²) in [4.78, 5) is 9.13. The first-order valence-corrected chi connectivity index (χ1v) is 9.86. The molecule has 0 aromatic heterocycles. The molecule has 2 aliphatic heterocycles. The molecular formula is C20H32FN5O. The van der Waals surface area contributed by atoms with E-state index in [2.05, 4.69) is 32.5 Å². The number of hydrogen-bond donors (Lipinski definition) is 2. The number of hydrogen-bond acceptors (Lipinski definition) is 4. The van der Waals surface area contributed by atoms with Gasteiger partial charge in [-0.15, -0.1) is 0 Å². The molecule has 7 heteroatoms. The lowest BCUT2D eigenvalue weighted by atomic mass is 10.0. The van der Waals surface area contributed by atoms with Crippen LogP contribution in [0.15, 0.2) is 29.3 Å². The quantitative estimate of drug-likeness (QED) is 0.578. The highest BCUT2D eigenvalue weighted by molar-refractivity contribution is 5.79. The molecule has 0 aliphatic carbocycles. The third-order valence-electron chi connectivity index (χ3n) is 5.47. The Morgan fingerprint density at radius 3 is 2.59 bits per heavy atom. The second-order valence-corrected chi connectivity index (χ2v) is 7.47. The maximum Gasteiger partial charge on any atom is 0.191 e. The van der Waals surface area contributed by atoms with Gasteiger partial charge in [0, 0.05) is 39.8 Å². The summed E-state index contributed by atoms with van der Waals surface area (Å²) < 4.78 is 18.8. The molecule has 6 nitrogen and oxygen atoms in total. The minimum absolute atomic E-state index is 0.158. The second kappa shape index (κ2) is 10.0. The number of morpholine rings is 1. The number of ether oxygens (including phenoxy) is 1. The van der Waals surface area contributed by atoms with Crippen LogP contribution in [0.5, 0.6) is 0 Å². The predicted molar refractivity (Wildman–Crippen MR) is 107 cm³/mol. The van der Waals surface area contributed by atoms with Crippen LogP contribution in [-0.4, -0.2) is 82.3 Å². The molecule has 2 unspecified atom stereocenters. The average molecular weight is 378 g/mol. The fraction of sp³-hybridized carbons (Fsp3) is 0.650. The Hall–Kier alpha value is -1.70. The topological polar surface area (TPSA) is 52.1 Å². The summed E-state index contributed by atoms with van der Waals surface area (Å²) in [5.74, 6) is 1.29. The zero-order valence-electron chi connectivity index (χ0n) is 16.5. The summed E-state index contributed by atoms with van der Waals surface area (Å²) in [6, 6.07) is 6.98. The maximum absolute atomic E-state index is 13.4. The van der Waals surface area contributed by atoms with Gasteiger partial charge in [0.05, 0.1) is 19.3 Å². The van der Waals surface area contributed by atoms with Crippen LogP contribution in [0.3, 0.4) is 0 Å². The Labute approximate surface area is 161 Å². The van der Waals surface area contributed by atoms with Gasteiger partial charge >= 0.3 is 0 Å². The highest BCUT2D eigenvalue weighted by atomic mass is 19.1. The van der Waals surface area contributed by atoms with Crippen LogP contribution < -0.4 is 10.6 Å². The Kier molecular flexibility index (Phi) is 7.43. The van der Waals surface area contributed by atoms with Gasteiger partial charge in [0.1, 0.15) is 5.82 Å². The molecule has 3 rings (SSSR count). The monoisotopic (exact) mass is 377 g/mol. The van der Waals surface area contributed by atoms with Gasteiger partial charge in [-0.3, -0.25) is 9.89 Å². The Balaban J connectivity index is 1.58. The van der Waals surface area contributed by atoms with E-state index in [1.54, 1.807) is 7.05 Å². The number of benzene rings is 1. The van der Waals surface area contributed by atoms with E-state index >= 15 is 0 Å². The first kappa shape index (κ1) is 20.0. The Morgan fingerprint density at radius 2 is 1.96 bits per heavy atom. The highest BCUT2D eigenvalue weighted by Crippen LogP contribution is 2.21. The van der Waals surface area contributed by atoms with E-state index in [1.807, 2.05) is 12.1 Å². The zero-order chi connectivity index (χ0) is 19.1. The molecule has 0 spiro atoms. The van der Waals surface area contributed by atoms with E-state index in [1.165, 1.54) is 25.1 Å². The lowest BCUT2D eigenvalue weighted by molar-refractivity contribution is 0.0170. The van der Waals surface area contributed by atoms with Crippen molar-refractivity contribution in [3.8, 4) is 0 Å². The van der Waals surface area contributed by atoms with Crippen molar-refractivity contribution < 1.29 is 9.13 Å². The highest BCUT2D eigenvalue weighted by Gasteiger charge is 2.23. The number of likely N-dealkylation sites (tertiary alicyclic amines) is 1. The van der Waals surface area contributed by atoms with E-state index in [0.717, 1.165) is 57.5 Å². The fourth-order valence-corrected chi connectivity index (χ4v) is 3.88. The summed E-state index contributed by atoms with van der Waals surface area (Å²) in [6.07, 6.45) is 1.23. The van der Waals surface area contributed by atoms with Gasteiger partial charge in [-0.25, -0.2) is 4.39 Å². The van der Waals surface area contributed by atoms with Gasteiger partial charge in [0.15, 0.2) is 5.96 Å². The van der Waals surface area contributed by atoms with Crippen LogP contribution in [0.2, 0.25) is 0 Å². The molecule has 2 saturated heterocycles. The van der Waals surface area contributed by atoms with Crippen LogP contribution >= 0.6 is 0 Å². The van der Waals surface area contributed by atoms with Crippen molar-refractivity contribution in [1.29, 1.82) is 0 Å². The summed E-state index contributed by atoms with van der Waals surface area (Å²) in [6.45, 7) is 7.19. The number of nitrogens with zero attached hydrogens (tertiary/aromatic N) is 3. The van der Waals surface area contributed by atoms with E-state index in [4.69, 9.17) is 4.74 Å². The summed E-state index contributed by atoms with van der Waals surface area (Å²) in [5.41, 5.74) is 1.11. The molecule has 0 saturated carbocycles. The molecule has 0 bridgehead atoms. The summed E-state index contributed by atoms with van der Waals surface area (Å²) in [7, 11) is 3.97. The molecule has 2 aliphatic rings. The second-order valence-electron chi connectivity index (χ2n) is 7.47. The Morgan fingerprint density at radius 1 is 1.22 bits per heavy atom. The molecule has 2 N–H and O–H groups in total. The van der Waals surface area contributed by atoms with Crippen molar-refractivity contribution >= 4 is 5.96 Å². The lowest BCUT2D eigenvalue weighted by Crippen LogP contribution is -2.47. The van der Waals surface area contributed by atoms with E-state index in [-0.39, 0.29) is 11.9 Å². The van der Waals surface area contributed by atoms with Gasteiger partial charge in [0.25, 0.3) is 0 Å². The minimum atomic E-state index is -0.202. The smallest absolute Gasteiger partial charge is 0.191 e. The fourth-order valence-electron chi connectivity index (χ4n) is 3.88. The van der Waals surface area contributed by atoms with Crippen molar-refractivity contribution in [1.82, 2.24) is 20.4 Å². The third-order valence-corrected chi connectivity index (χ3v) is 5.47. The molecule has 2 atom stereocenters. The van der Waals surface area contributed by atoms with Crippen molar-refractivity contribution in [3.63, 3.8) is 0 Å². The van der Waals surface area contributed by atoms with Gasteiger partial charge in [-0.05, 0) is 43.6 Å². The van der Waals surface area contributed by atoms with Gasteiger partial charge in [-0.2, -0.15) is 0 Å². The molecule has 1 aromatic carbocycles. The molecule has 0 radical (unpaired) electrons. The molecule has 27 heavy (non-hydrogen) atoms. The van der Waals surface area contributed by atoms with E-state index in [9.17, 15) is 4.39 Å². The van der Waals surface area contributed by atoms with Crippen LogP contribution in [0.1, 0.15) is 18.0 Å². The van der Waals surface area contributed by atoms with E-state index < -0.39 is 0 Å². The van der Waals surface area contributed by atoms with Crippen LogP contribution in [0, 0.1) is 11.7 Å². The van der Waals surface area contributed by atoms with Crippen molar-refractivity contribution in [2.45, 2.75) is 12.5 Å². The van der Waals surface area contributed by atoms with Crippen molar-refractivity contribution in [2.24, 2.45) is 10.9 Å². The van der Waals surface area contributed by atoms with E-state index in [0.29, 0.717) is 5.92 Å². The first-order valence-electron chi connectivity index (χ1n) is 9.86. The lowest BCUT2D eigenvalue weighted by Gasteiger charge is -2.35. The number of guanidine groups is 1. The molecule has 1 aromatic rings. The molecule has 2 fully saturated rings. The molecular weight excluding hydrogens is 345 g/mol. The average Bonchev–Trinajstić information content (AvgIpc) is 3.11. The predicted octanol–water partition coefficient (Wildman–Crippen LogP) is 1.32. The molecule has 0 amide bonds. The third kappa shape index (κ3) is 5.89. The largest absolute Gasteiger partial charge is 0.379 e. The summed E-state index contributed by atoms with van der Waals surface area (Å²) in [5, 5.41) is 6.92. The normalized spacial score (nSPS) is 23.4. The van der Waals surface area contributed by atoms with Crippen molar-refractivity contribution in [3.05, 3.63) is 35.6 Å². The van der Waals surface area contributed by atoms with Gasteiger partial charge in [-0.1, -0.05) is 12.1 Å². The van der Waals surface area contributed by atoms with Crippen LogP contribution in [0.25, 0.3) is 0 Å². The van der Waals surface area contributed by atoms with Gasteiger partial charge in [0.2, 0.25) is 0 Å². The SMILES string of the molecule is CN=C(NCC1CCN(C)C1)NCC(c1ccc(F)cc1)N1CCOCC1. The van der Waals surface area contributed by atoms with Crippen molar-refractivity contribution in [2.75, 3.05) is 66.6 Å². The van der Waals surface area contributed by atoms with Gasteiger partial charge < -0.3 is 20.3 Å². The zero-order valence-corrected chi connectivity index (χ0v) is 16.5. The van der Waals surface area contributed by atoms with Crippen LogP contribution in [0.4, 0.5) is 4.39 Å². The minimum Gasteiger partial charge on any atom is -0.379 e. The number of rotatable bonds is 6. The maximum atomic E-state index is 13.4.